The van der Waals surface area contributed by atoms with E-state index in [9.17, 15) is 5.11 Å². The van der Waals surface area contributed by atoms with Crippen LogP contribution >= 0.6 is 11.3 Å². The molecule has 1 aliphatic carbocycles. The number of thiazole rings is 1. The summed E-state index contributed by atoms with van der Waals surface area (Å²) in [6.07, 6.45) is 6.64. The van der Waals surface area contributed by atoms with E-state index in [2.05, 4.69) is 56.1 Å². The minimum absolute atomic E-state index is 0.112. The van der Waals surface area contributed by atoms with Crippen LogP contribution in [0.3, 0.4) is 0 Å². The number of aromatic amines is 1. The quantitative estimate of drug-likeness (QED) is 0.395. The van der Waals surface area contributed by atoms with Gasteiger partial charge in [0.2, 0.25) is 5.78 Å². The van der Waals surface area contributed by atoms with Crippen LogP contribution in [0, 0.1) is 0 Å². The summed E-state index contributed by atoms with van der Waals surface area (Å²) in [6, 6.07) is 14.9. The van der Waals surface area contributed by atoms with Crippen LogP contribution in [0.15, 0.2) is 48.7 Å². The van der Waals surface area contributed by atoms with E-state index in [1.807, 2.05) is 12.3 Å². The Morgan fingerprint density at radius 1 is 1.17 bits per heavy atom. The van der Waals surface area contributed by atoms with Crippen molar-refractivity contribution in [3.8, 4) is 0 Å². The summed E-state index contributed by atoms with van der Waals surface area (Å²) in [5.74, 6) is 0.877. The minimum atomic E-state index is -0.276. The van der Waals surface area contributed by atoms with E-state index in [4.69, 9.17) is 4.98 Å². The Balaban J connectivity index is 1.29. The van der Waals surface area contributed by atoms with Crippen molar-refractivity contribution in [3.05, 3.63) is 59.9 Å². The average Bonchev–Trinajstić information content (AvgIpc) is 3.43. The minimum Gasteiger partial charge on any atom is -0.391 e. The molecule has 0 bridgehead atoms. The largest absolute Gasteiger partial charge is 0.391 e. The van der Waals surface area contributed by atoms with Crippen molar-refractivity contribution in [1.29, 1.82) is 0 Å². The fraction of sp³-hybridized carbons (Fsp3) is 0.304. The number of imidazole rings is 2. The molecular formula is C23H23N5OS. The third kappa shape index (κ3) is 3.05. The van der Waals surface area contributed by atoms with Crippen molar-refractivity contribution < 1.29 is 5.11 Å². The van der Waals surface area contributed by atoms with Crippen molar-refractivity contribution in [2.45, 2.75) is 44.2 Å². The first-order chi connectivity index (χ1) is 14.7. The van der Waals surface area contributed by atoms with Gasteiger partial charge in [0.05, 0.1) is 39.6 Å². The first kappa shape index (κ1) is 17.9. The Labute approximate surface area is 177 Å². The van der Waals surface area contributed by atoms with Crippen LogP contribution in [0.5, 0.6) is 0 Å². The number of nitrogens with one attached hydrogen (secondary N) is 2. The second kappa shape index (κ2) is 7.11. The third-order valence-electron chi connectivity index (χ3n) is 6.10. The number of fused-ring (bicyclic) bond motifs is 4. The molecule has 0 aliphatic heterocycles. The van der Waals surface area contributed by atoms with Crippen LogP contribution in [0.1, 0.15) is 36.9 Å². The third-order valence-corrected chi connectivity index (χ3v) is 7.05. The molecule has 2 aromatic carbocycles. The first-order valence-electron chi connectivity index (χ1n) is 10.5. The van der Waals surface area contributed by atoms with Gasteiger partial charge in [-0.05, 0) is 42.7 Å². The van der Waals surface area contributed by atoms with Gasteiger partial charge in [-0.1, -0.05) is 42.4 Å². The maximum absolute atomic E-state index is 10.2. The number of rotatable bonds is 4. The normalized spacial score (nSPS) is 19.8. The van der Waals surface area contributed by atoms with E-state index >= 15 is 0 Å². The summed E-state index contributed by atoms with van der Waals surface area (Å²) in [4.78, 5) is 12.7. The summed E-state index contributed by atoms with van der Waals surface area (Å²) >= 11 is 1.67. The van der Waals surface area contributed by atoms with Crippen LogP contribution in [0.2, 0.25) is 0 Å². The number of para-hydroxylation sites is 2. The van der Waals surface area contributed by atoms with Gasteiger partial charge in [-0.2, -0.15) is 0 Å². The zero-order valence-corrected chi connectivity index (χ0v) is 17.3. The standard InChI is InChI=1S/C23H23N5OS/c29-20-8-4-2-6-17(20)26-23-27-18-10-9-14(12-21(18)30-23)11-15-13-24-22-25-16-5-1-3-7-19(16)28(15)22/h1,3,5,7,9-10,12-13,17,20,29H,2,4,6,8,11H2,(H,24,25)(H,26,27)/t17-,20-/m1/s1. The van der Waals surface area contributed by atoms with Crippen molar-refractivity contribution in [2.75, 3.05) is 5.32 Å². The number of anilines is 1. The van der Waals surface area contributed by atoms with Gasteiger partial charge in [0.1, 0.15) is 0 Å². The fourth-order valence-corrected chi connectivity index (χ4v) is 5.54. The van der Waals surface area contributed by atoms with Crippen LogP contribution < -0.4 is 5.32 Å². The number of aliphatic hydroxyl groups is 1. The zero-order chi connectivity index (χ0) is 20.1. The molecule has 0 amide bonds. The number of aromatic nitrogens is 4. The Morgan fingerprint density at radius 2 is 2.07 bits per heavy atom. The van der Waals surface area contributed by atoms with Gasteiger partial charge in [-0.3, -0.25) is 4.40 Å². The molecule has 3 heterocycles. The lowest BCUT2D eigenvalue weighted by Crippen LogP contribution is -2.36. The molecule has 30 heavy (non-hydrogen) atoms. The molecule has 6 nitrogen and oxygen atoms in total. The highest BCUT2D eigenvalue weighted by atomic mass is 32.1. The van der Waals surface area contributed by atoms with Gasteiger partial charge in [0.15, 0.2) is 5.13 Å². The summed E-state index contributed by atoms with van der Waals surface area (Å²) in [5, 5.41) is 14.6. The molecule has 7 heteroatoms. The molecule has 6 rings (SSSR count). The van der Waals surface area contributed by atoms with Gasteiger partial charge in [-0.15, -0.1) is 0 Å². The molecule has 5 aromatic rings. The number of nitrogens with zero attached hydrogens (tertiary/aromatic N) is 3. The molecule has 2 atom stereocenters. The predicted octanol–water partition coefficient (Wildman–Crippen LogP) is 4.73. The second-order valence-corrected chi connectivity index (χ2v) is 9.18. The number of hydrogen-bond donors (Lipinski definition) is 3. The first-order valence-corrected chi connectivity index (χ1v) is 11.3. The Kier molecular flexibility index (Phi) is 4.24. The Bertz CT molecular complexity index is 1350. The number of H-pyrrole nitrogens is 1. The maximum atomic E-state index is 10.2. The average molecular weight is 418 g/mol. The van der Waals surface area contributed by atoms with Crippen LogP contribution in [-0.2, 0) is 6.42 Å². The Hall–Kier alpha value is -2.90. The van der Waals surface area contributed by atoms with Crippen LogP contribution in [0.25, 0.3) is 27.0 Å². The molecule has 0 unspecified atom stereocenters. The van der Waals surface area contributed by atoms with Gasteiger partial charge in [0.25, 0.3) is 0 Å². The summed E-state index contributed by atoms with van der Waals surface area (Å²) in [7, 11) is 0. The lowest BCUT2D eigenvalue weighted by molar-refractivity contribution is 0.116. The lowest BCUT2D eigenvalue weighted by Gasteiger charge is -2.27. The van der Waals surface area contributed by atoms with Gasteiger partial charge in [-0.25, -0.2) is 9.97 Å². The number of benzene rings is 2. The number of hydrogen-bond acceptors (Lipinski definition) is 5. The zero-order valence-electron chi connectivity index (χ0n) is 16.5. The van der Waals surface area contributed by atoms with Crippen molar-refractivity contribution in [1.82, 2.24) is 19.4 Å². The van der Waals surface area contributed by atoms with E-state index in [0.717, 1.165) is 65.3 Å². The molecule has 0 saturated heterocycles. The van der Waals surface area contributed by atoms with Crippen LogP contribution in [0.4, 0.5) is 5.13 Å². The summed E-state index contributed by atoms with van der Waals surface area (Å²) < 4.78 is 3.36. The molecule has 152 valence electrons. The maximum Gasteiger partial charge on any atom is 0.212 e. The van der Waals surface area contributed by atoms with Crippen LogP contribution in [-0.4, -0.2) is 36.6 Å². The van der Waals surface area contributed by atoms with E-state index in [1.165, 1.54) is 10.3 Å². The molecule has 1 aliphatic rings. The highest BCUT2D eigenvalue weighted by Crippen LogP contribution is 2.30. The number of aliphatic hydroxyl groups excluding tert-OH is 1. The van der Waals surface area contributed by atoms with Gasteiger partial charge in [0, 0.05) is 12.1 Å². The highest BCUT2D eigenvalue weighted by Gasteiger charge is 2.23. The smallest absolute Gasteiger partial charge is 0.212 e. The van der Waals surface area contributed by atoms with Crippen molar-refractivity contribution in [2.24, 2.45) is 0 Å². The van der Waals surface area contributed by atoms with Gasteiger partial charge < -0.3 is 15.4 Å². The molecule has 1 fully saturated rings. The fourth-order valence-electron chi connectivity index (χ4n) is 4.55. The lowest BCUT2D eigenvalue weighted by atomic mass is 9.93. The van der Waals surface area contributed by atoms with E-state index < -0.39 is 0 Å². The highest BCUT2D eigenvalue weighted by molar-refractivity contribution is 7.22. The molecule has 3 aromatic heterocycles. The summed E-state index contributed by atoms with van der Waals surface area (Å²) in [6.45, 7) is 0. The molecular weight excluding hydrogens is 394 g/mol. The second-order valence-electron chi connectivity index (χ2n) is 8.15. The molecule has 0 radical (unpaired) electrons. The van der Waals surface area contributed by atoms with Gasteiger partial charge >= 0.3 is 0 Å². The predicted molar refractivity (Wildman–Crippen MR) is 121 cm³/mol. The molecule has 3 N–H and O–H groups in total. The van der Waals surface area contributed by atoms with E-state index in [0.29, 0.717) is 0 Å². The van der Waals surface area contributed by atoms with Crippen molar-refractivity contribution >= 4 is 43.5 Å². The Morgan fingerprint density at radius 3 is 3.00 bits per heavy atom. The van der Waals surface area contributed by atoms with E-state index in [1.54, 1.807) is 11.3 Å². The SMILES string of the molecule is O[C@@H]1CCCC[C@H]1Nc1nc2ccc(Cc3cnc4[nH]c5ccccc5n34)cc2s1. The van der Waals surface area contributed by atoms with E-state index in [-0.39, 0.29) is 12.1 Å². The molecule has 0 spiro atoms. The summed E-state index contributed by atoms with van der Waals surface area (Å²) in [5.41, 5.74) is 5.65. The van der Waals surface area contributed by atoms with Crippen molar-refractivity contribution in [3.63, 3.8) is 0 Å². The monoisotopic (exact) mass is 417 g/mol. The molecule has 1 saturated carbocycles. The topological polar surface area (TPSA) is 78.2 Å².